The molecule has 0 atom stereocenters. The van der Waals surface area contributed by atoms with E-state index in [1.54, 1.807) is 0 Å². The number of amides is 1. The summed E-state index contributed by atoms with van der Waals surface area (Å²) in [5, 5.41) is 2.73. The zero-order chi connectivity index (χ0) is 16.7. The lowest BCUT2D eigenvalue weighted by Crippen LogP contribution is -2.24. The molecule has 0 aliphatic heterocycles. The van der Waals surface area contributed by atoms with Gasteiger partial charge in [0.1, 0.15) is 11.6 Å². The summed E-state index contributed by atoms with van der Waals surface area (Å²) in [5.41, 5.74) is 7.18. The first-order valence-corrected chi connectivity index (χ1v) is 7.43. The molecule has 1 aromatic carbocycles. The highest BCUT2D eigenvalue weighted by atomic mass is 19.1. The number of hydrogen-bond acceptors (Lipinski definition) is 4. The predicted octanol–water partition coefficient (Wildman–Crippen LogP) is 2.19. The number of rotatable bonds is 7. The van der Waals surface area contributed by atoms with Crippen molar-refractivity contribution in [2.45, 2.75) is 19.9 Å². The van der Waals surface area contributed by atoms with Gasteiger partial charge < -0.3 is 15.8 Å². The molecule has 1 amide bonds. The highest BCUT2D eigenvalue weighted by molar-refractivity contribution is 5.96. The number of carbonyl (C=O) groups is 1. The van der Waals surface area contributed by atoms with E-state index < -0.39 is 11.7 Å². The van der Waals surface area contributed by atoms with Crippen molar-refractivity contribution in [3.05, 3.63) is 59.2 Å². The molecule has 0 saturated heterocycles. The number of nitrogens with one attached hydrogen (secondary N) is 1. The Labute approximate surface area is 134 Å². The van der Waals surface area contributed by atoms with Crippen LogP contribution in [0, 0.1) is 12.7 Å². The first kappa shape index (κ1) is 16.9. The number of carbonyl (C=O) groups excluding carboxylic acids is 1. The maximum absolute atomic E-state index is 13.4. The van der Waals surface area contributed by atoms with E-state index >= 15 is 0 Å². The average molecular weight is 317 g/mol. The van der Waals surface area contributed by atoms with Crippen LogP contribution >= 0.6 is 0 Å². The fourth-order valence-electron chi connectivity index (χ4n) is 2.03. The first-order valence-electron chi connectivity index (χ1n) is 7.43. The minimum absolute atomic E-state index is 0.162. The van der Waals surface area contributed by atoms with Crippen molar-refractivity contribution in [1.82, 2.24) is 10.3 Å². The van der Waals surface area contributed by atoms with Gasteiger partial charge in [-0.15, -0.1) is 0 Å². The Morgan fingerprint density at radius 1 is 1.35 bits per heavy atom. The molecule has 23 heavy (non-hydrogen) atoms. The van der Waals surface area contributed by atoms with Crippen molar-refractivity contribution in [3.63, 3.8) is 0 Å². The summed E-state index contributed by atoms with van der Waals surface area (Å²) in [6.45, 7) is 3.00. The monoisotopic (exact) mass is 317 g/mol. The van der Waals surface area contributed by atoms with Gasteiger partial charge in [0, 0.05) is 5.69 Å². The highest BCUT2D eigenvalue weighted by Crippen LogP contribution is 2.20. The van der Waals surface area contributed by atoms with Gasteiger partial charge in [-0.1, -0.05) is 6.07 Å². The van der Waals surface area contributed by atoms with Crippen LogP contribution in [0.2, 0.25) is 0 Å². The third-order valence-electron chi connectivity index (χ3n) is 3.17. The molecule has 3 N–H and O–H groups in total. The van der Waals surface area contributed by atoms with Crippen LogP contribution in [-0.4, -0.2) is 24.0 Å². The SMILES string of the molecule is Cc1cccc(CNC(=O)c2cc(F)ccc2OCCCN)n1. The number of aromatic nitrogens is 1. The van der Waals surface area contributed by atoms with E-state index in [1.165, 1.54) is 12.1 Å². The smallest absolute Gasteiger partial charge is 0.255 e. The van der Waals surface area contributed by atoms with Gasteiger partial charge in [-0.25, -0.2) is 4.39 Å². The fraction of sp³-hybridized carbons (Fsp3) is 0.294. The quantitative estimate of drug-likeness (QED) is 0.767. The zero-order valence-electron chi connectivity index (χ0n) is 13.0. The van der Waals surface area contributed by atoms with E-state index in [0.717, 1.165) is 17.5 Å². The molecule has 122 valence electrons. The molecule has 5 nitrogen and oxygen atoms in total. The number of benzene rings is 1. The summed E-state index contributed by atoms with van der Waals surface area (Å²) >= 11 is 0. The van der Waals surface area contributed by atoms with Gasteiger partial charge in [-0.2, -0.15) is 0 Å². The molecule has 1 aromatic heterocycles. The molecule has 0 saturated carbocycles. The van der Waals surface area contributed by atoms with E-state index in [4.69, 9.17) is 10.5 Å². The molecule has 0 spiro atoms. The van der Waals surface area contributed by atoms with Crippen molar-refractivity contribution in [2.75, 3.05) is 13.2 Å². The summed E-state index contributed by atoms with van der Waals surface area (Å²) in [6, 6.07) is 9.44. The summed E-state index contributed by atoms with van der Waals surface area (Å²) in [5.74, 6) is -0.555. The van der Waals surface area contributed by atoms with Crippen LogP contribution in [0.1, 0.15) is 28.2 Å². The van der Waals surface area contributed by atoms with Crippen molar-refractivity contribution >= 4 is 5.91 Å². The van der Waals surface area contributed by atoms with Gasteiger partial charge in [0.05, 0.1) is 24.4 Å². The van der Waals surface area contributed by atoms with Gasteiger partial charge in [0.25, 0.3) is 5.91 Å². The van der Waals surface area contributed by atoms with Gasteiger partial charge in [0.15, 0.2) is 0 Å². The molecule has 1 heterocycles. The minimum Gasteiger partial charge on any atom is -0.493 e. The molecule has 0 radical (unpaired) electrons. The molecule has 0 bridgehead atoms. The molecule has 0 aliphatic rings. The number of halogens is 1. The second-order valence-corrected chi connectivity index (χ2v) is 5.08. The molecular formula is C17H20FN3O2. The predicted molar refractivity (Wildman–Crippen MR) is 85.7 cm³/mol. The van der Waals surface area contributed by atoms with Crippen molar-refractivity contribution < 1.29 is 13.9 Å². The van der Waals surface area contributed by atoms with E-state index in [2.05, 4.69) is 10.3 Å². The Kier molecular flexibility index (Phi) is 6.05. The number of nitrogens with two attached hydrogens (primary N) is 1. The molecule has 6 heteroatoms. The number of ether oxygens (including phenoxy) is 1. The lowest BCUT2D eigenvalue weighted by atomic mass is 10.1. The van der Waals surface area contributed by atoms with Crippen molar-refractivity contribution in [3.8, 4) is 5.75 Å². The van der Waals surface area contributed by atoms with Gasteiger partial charge in [0.2, 0.25) is 0 Å². The lowest BCUT2D eigenvalue weighted by Gasteiger charge is -2.12. The van der Waals surface area contributed by atoms with Crippen LogP contribution in [0.25, 0.3) is 0 Å². The summed E-state index contributed by atoms with van der Waals surface area (Å²) in [7, 11) is 0. The van der Waals surface area contributed by atoms with Crippen LogP contribution in [0.3, 0.4) is 0 Å². The molecule has 0 aliphatic carbocycles. The fourth-order valence-corrected chi connectivity index (χ4v) is 2.03. The lowest BCUT2D eigenvalue weighted by molar-refractivity contribution is 0.0945. The second-order valence-electron chi connectivity index (χ2n) is 5.08. The van der Waals surface area contributed by atoms with E-state index in [9.17, 15) is 9.18 Å². The number of pyridine rings is 1. The Balaban J connectivity index is 2.06. The second kappa shape index (κ2) is 8.24. The summed E-state index contributed by atoms with van der Waals surface area (Å²) in [4.78, 5) is 16.6. The van der Waals surface area contributed by atoms with E-state index in [0.29, 0.717) is 25.3 Å². The summed E-state index contributed by atoms with van der Waals surface area (Å²) in [6.07, 6.45) is 0.658. The largest absolute Gasteiger partial charge is 0.493 e. The third kappa shape index (κ3) is 5.03. The molecule has 2 aromatic rings. The van der Waals surface area contributed by atoms with Gasteiger partial charge >= 0.3 is 0 Å². The molecule has 0 unspecified atom stereocenters. The van der Waals surface area contributed by atoms with E-state index in [1.807, 2.05) is 25.1 Å². The summed E-state index contributed by atoms with van der Waals surface area (Å²) < 4.78 is 18.9. The van der Waals surface area contributed by atoms with Crippen LogP contribution in [0.4, 0.5) is 4.39 Å². The maximum Gasteiger partial charge on any atom is 0.255 e. The van der Waals surface area contributed by atoms with Crippen LogP contribution in [0.5, 0.6) is 5.75 Å². The molecular weight excluding hydrogens is 297 g/mol. The van der Waals surface area contributed by atoms with Crippen molar-refractivity contribution in [1.29, 1.82) is 0 Å². The normalized spacial score (nSPS) is 10.4. The zero-order valence-corrected chi connectivity index (χ0v) is 13.0. The Morgan fingerprint density at radius 2 is 2.17 bits per heavy atom. The minimum atomic E-state index is -0.491. The number of hydrogen-bond donors (Lipinski definition) is 2. The number of nitrogens with zero attached hydrogens (tertiary/aromatic N) is 1. The average Bonchev–Trinajstić information content (AvgIpc) is 2.54. The molecule has 0 fully saturated rings. The van der Waals surface area contributed by atoms with Crippen LogP contribution in [-0.2, 0) is 6.54 Å². The maximum atomic E-state index is 13.4. The Hall–Kier alpha value is -2.47. The third-order valence-corrected chi connectivity index (χ3v) is 3.17. The highest BCUT2D eigenvalue weighted by Gasteiger charge is 2.14. The Bertz CT molecular complexity index is 677. The van der Waals surface area contributed by atoms with Gasteiger partial charge in [-0.05, 0) is 50.2 Å². The van der Waals surface area contributed by atoms with E-state index in [-0.39, 0.29) is 12.1 Å². The number of aryl methyl sites for hydroxylation is 1. The topological polar surface area (TPSA) is 77.2 Å². The molecule has 2 rings (SSSR count). The standard InChI is InChI=1S/C17H20FN3O2/c1-12-4-2-5-14(21-12)11-20-17(22)15-10-13(18)6-7-16(15)23-9-3-8-19/h2,4-7,10H,3,8-9,11,19H2,1H3,(H,20,22). The Morgan fingerprint density at radius 3 is 2.91 bits per heavy atom. The first-order chi connectivity index (χ1) is 11.1. The van der Waals surface area contributed by atoms with Crippen LogP contribution in [0.15, 0.2) is 36.4 Å². The van der Waals surface area contributed by atoms with Gasteiger partial charge in [-0.3, -0.25) is 9.78 Å². The van der Waals surface area contributed by atoms with Crippen molar-refractivity contribution in [2.24, 2.45) is 5.73 Å². The van der Waals surface area contributed by atoms with Crippen LogP contribution < -0.4 is 15.8 Å².